The van der Waals surface area contributed by atoms with Crippen LogP contribution in [0.2, 0.25) is 0 Å². The van der Waals surface area contributed by atoms with Crippen molar-refractivity contribution in [2.75, 3.05) is 13.4 Å². The van der Waals surface area contributed by atoms with E-state index in [9.17, 15) is 0 Å². The van der Waals surface area contributed by atoms with Crippen LogP contribution in [0.5, 0.6) is 11.5 Å². The second kappa shape index (κ2) is 5.91. The highest BCUT2D eigenvalue weighted by Crippen LogP contribution is 2.36. The average Bonchev–Trinajstić information content (AvgIpc) is 2.81. The molecule has 1 aromatic rings. The number of aliphatic hydroxyl groups excluding tert-OH is 1. The maximum Gasteiger partial charge on any atom is 0.231 e. The number of halogens is 1. The summed E-state index contributed by atoms with van der Waals surface area (Å²) in [6.07, 6.45) is 0. The molecule has 18 heavy (non-hydrogen) atoms. The number of benzene rings is 1. The van der Waals surface area contributed by atoms with Crippen LogP contribution in [0.3, 0.4) is 0 Å². The molecule has 4 nitrogen and oxygen atoms in total. The van der Waals surface area contributed by atoms with Crippen LogP contribution in [-0.4, -0.2) is 24.5 Å². The third-order valence-electron chi connectivity index (χ3n) is 3.30. The van der Waals surface area contributed by atoms with Gasteiger partial charge in [-0.1, -0.05) is 22.9 Å². The van der Waals surface area contributed by atoms with Crippen molar-refractivity contribution >= 4 is 15.9 Å². The minimum atomic E-state index is 0.191. The number of rotatable bonds is 5. The molecule has 2 unspecified atom stereocenters. The van der Waals surface area contributed by atoms with Gasteiger partial charge in [-0.2, -0.15) is 0 Å². The van der Waals surface area contributed by atoms with Gasteiger partial charge < -0.3 is 19.9 Å². The summed E-state index contributed by atoms with van der Waals surface area (Å²) in [6.45, 7) is 5.30. The predicted octanol–water partition coefficient (Wildman–Crippen LogP) is 2.28. The smallest absolute Gasteiger partial charge is 0.231 e. The zero-order valence-electron chi connectivity index (χ0n) is 10.6. The van der Waals surface area contributed by atoms with Gasteiger partial charge in [0, 0.05) is 23.7 Å². The molecule has 0 saturated heterocycles. The molecule has 0 aromatic heterocycles. The Labute approximate surface area is 115 Å². The lowest BCUT2D eigenvalue weighted by atomic mass is 10.0. The van der Waals surface area contributed by atoms with Crippen LogP contribution >= 0.6 is 15.9 Å². The Morgan fingerprint density at radius 3 is 2.67 bits per heavy atom. The van der Waals surface area contributed by atoms with Gasteiger partial charge in [0.1, 0.15) is 0 Å². The Balaban J connectivity index is 2.01. The van der Waals surface area contributed by atoms with Gasteiger partial charge in [0.2, 0.25) is 6.79 Å². The molecule has 0 saturated carbocycles. The highest BCUT2D eigenvalue weighted by Gasteiger charge is 2.17. The van der Waals surface area contributed by atoms with Gasteiger partial charge in [-0.05, 0) is 30.5 Å². The molecular formula is C13H18BrNO3. The maximum absolute atomic E-state index is 9.10. The van der Waals surface area contributed by atoms with E-state index in [1.165, 1.54) is 0 Å². The number of nitrogens with one attached hydrogen (secondary N) is 1. The molecule has 5 heteroatoms. The van der Waals surface area contributed by atoms with Crippen LogP contribution in [0.15, 0.2) is 16.6 Å². The normalized spacial score (nSPS) is 16.7. The van der Waals surface area contributed by atoms with Crippen molar-refractivity contribution in [1.29, 1.82) is 0 Å². The fourth-order valence-corrected chi connectivity index (χ4v) is 2.19. The first-order chi connectivity index (χ1) is 8.61. The van der Waals surface area contributed by atoms with Crippen molar-refractivity contribution < 1.29 is 14.6 Å². The Kier molecular flexibility index (Phi) is 4.48. The van der Waals surface area contributed by atoms with Gasteiger partial charge in [0.15, 0.2) is 11.5 Å². The van der Waals surface area contributed by atoms with Crippen LogP contribution in [0.4, 0.5) is 0 Å². The predicted molar refractivity (Wildman–Crippen MR) is 72.8 cm³/mol. The summed E-state index contributed by atoms with van der Waals surface area (Å²) in [4.78, 5) is 0. The zero-order chi connectivity index (χ0) is 13.1. The van der Waals surface area contributed by atoms with Gasteiger partial charge in [-0.15, -0.1) is 0 Å². The quantitative estimate of drug-likeness (QED) is 0.875. The summed E-state index contributed by atoms with van der Waals surface area (Å²) in [5.41, 5.74) is 1.12. The average molecular weight is 316 g/mol. The van der Waals surface area contributed by atoms with Crippen molar-refractivity contribution in [1.82, 2.24) is 5.32 Å². The van der Waals surface area contributed by atoms with Crippen molar-refractivity contribution in [3.8, 4) is 11.5 Å². The number of hydrogen-bond donors (Lipinski definition) is 2. The van der Waals surface area contributed by atoms with Gasteiger partial charge in [0.25, 0.3) is 0 Å². The van der Waals surface area contributed by atoms with E-state index in [4.69, 9.17) is 14.6 Å². The fraction of sp³-hybridized carbons (Fsp3) is 0.538. The van der Waals surface area contributed by atoms with Crippen LogP contribution in [0.25, 0.3) is 0 Å². The second-order valence-corrected chi connectivity index (χ2v) is 5.48. The lowest BCUT2D eigenvalue weighted by molar-refractivity contribution is 0.174. The molecule has 1 aliphatic rings. The standard InChI is InChI=1S/C13H18BrNO3/c1-8(6-16)9(2)15-5-10-3-12-13(4-11(10)14)18-7-17-12/h3-4,8-9,15-16H,5-7H2,1-2H3. The SMILES string of the molecule is CC(CO)C(C)NCc1cc2c(cc1Br)OCO2. The molecule has 0 fully saturated rings. The Hall–Kier alpha value is -0.780. The number of aliphatic hydroxyl groups is 1. The van der Waals surface area contributed by atoms with Gasteiger partial charge in [0.05, 0.1) is 0 Å². The topological polar surface area (TPSA) is 50.7 Å². The molecule has 0 amide bonds. The van der Waals surface area contributed by atoms with Gasteiger partial charge in [-0.25, -0.2) is 0 Å². The van der Waals surface area contributed by atoms with E-state index in [1.807, 2.05) is 19.1 Å². The number of hydrogen-bond acceptors (Lipinski definition) is 4. The Bertz CT molecular complexity index is 425. The number of fused-ring (bicyclic) bond motifs is 1. The van der Waals surface area contributed by atoms with Crippen LogP contribution < -0.4 is 14.8 Å². The highest BCUT2D eigenvalue weighted by molar-refractivity contribution is 9.10. The number of ether oxygens (including phenoxy) is 2. The van der Waals surface area contributed by atoms with E-state index in [2.05, 4.69) is 28.2 Å². The highest BCUT2D eigenvalue weighted by atomic mass is 79.9. The minimum Gasteiger partial charge on any atom is -0.454 e. The summed E-state index contributed by atoms with van der Waals surface area (Å²) in [6, 6.07) is 4.17. The summed E-state index contributed by atoms with van der Waals surface area (Å²) in [5, 5.41) is 12.5. The van der Waals surface area contributed by atoms with Gasteiger partial charge >= 0.3 is 0 Å². The Morgan fingerprint density at radius 1 is 1.33 bits per heavy atom. The first kappa shape index (κ1) is 13.6. The van der Waals surface area contributed by atoms with E-state index in [1.54, 1.807) is 0 Å². The molecule has 100 valence electrons. The van der Waals surface area contributed by atoms with Crippen molar-refractivity contribution in [3.63, 3.8) is 0 Å². The van der Waals surface area contributed by atoms with E-state index in [0.29, 0.717) is 0 Å². The second-order valence-electron chi connectivity index (χ2n) is 4.63. The first-order valence-electron chi connectivity index (χ1n) is 6.04. The molecule has 1 aliphatic heterocycles. The largest absolute Gasteiger partial charge is 0.454 e. The summed E-state index contributed by atoms with van der Waals surface area (Å²) in [7, 11) is 0. The summed E-state index contributed by atoms with van der Waals surface area (Å²) >= 11 is 3.53. The molecule has 2 N–H and O–H groups in total. The maximum atomic E-state index is 9.10. The van der Waals surface area contributed by atoms with Crippen molar-refractivity contribution in [2.45, 2.75) is 26.4 Å². The summed E-state index contributed by atoms with van der Waals surface area (Å²) in [5.74, 6) is 1.80. The molecule has 1 heterocycles. The zero-order valence-corrected chi connectivity index (χ0v) is 12.2. The molecule has 0 radical (unpaired) electrons. The van der Waals surface area contributed by atoms with Crippen LogP contribution in [0, 0.1) is 5.92 Å². The van der Waals surface area contributed by atoms with Gasteiger partial charge in [-0.3, -0.25) is 0 Å². The van der Waals surface area contributed by atoms with E-state index in [-0.39, 0.29) is 25.4 Å². The fourth-order valence-electron chi connectivity index (χ4n) is 1.72. The molecule has 0 spiro atoms. The minimum absolute atomic E-state index is 0.191. The lowest BCUT2D eigenvalue weighted by Gasteiger charge is -2.19. The van der Waals surface area contributed by atoms with E-state index < -0.39 is 0 Å². The third kappa shape index (κ3) is 2.96. The Morgan fingerprint density at radius 2 is 2.00 bits per heavy atom. The molecule has 1 aromatic carbocycles. The molecule has 0 aliphatic carbocycles. The van der Waals surface area contributed by atoms with Crippen molar-refractivity contribution in [3.05, 3.63) is 22.2 Å². The lowest BCUT2D eigenvalue weighted by Crippen LogP contribution is -2.33. The summed E-state index contributed by atoms with van der Waals surface area (Å²) < 4.78 is 11.7. The molecular weight excluding hydrogens is 298 g/mol. The molecule has 2 rings (SSSR count). The monoisotopic (exact) mass is 315 g/mol. The van der Waals surface area contributed by atoms with E-state index >= 15 is 0 Å². The van der Waals surface area contributed by atoms with Crippen LogP contribution in [0.1, 0.15) is 19.4 Å². The molecule has 0 bridgehead atoms. The first-order valence-corrected chi connectivity index (χ1v) is 6.83. The van der Waals surface area contributed by atoms with Crippen LogP contribution in [-0.2, 0) is 6.54 Å². The van der Waals surface area contributed by atoms with Crippen molar-refractivity contribution in [2.24, 2.45) is 5.92 Å². The van der Waals surface area contributed by atoms with E-state index in [0.717, 1.165) is 28.1 Å². The third-order valence-corrected chi connectivity index (χ3v) is 4.04. The molecule has 2 atom stereocenters.